The van der Waals surface area contributed by atoms with Gasteiger partial charge in [-0.1, -0.05) is 13.0 Å². The number of nitrogens with two attached hydrogens (primary N) is 1. The Morgan fingerprint density at radius 1 is 1.12 bits per heavy atom. The topological polar surface area (TPSA) is 143 Å². The van der Waals surface area contributed by atoms with Crippen LogP contribution in [0.25, 0.3) is 0 Å². The highest BCUT2D eigenvalue weighted by Gasteiger charge is 2.53. The van der Waals surface area contributed by atoms with Gasteiger partial charge in [0, 0.05) is 18.5 Å². The first-order valence-corrected chi connectivity index (χ1v) is 15.4. The standard InChI is InChI=1S/C29H46N8O4/c1-3-36-14-32-27(30)24-28(36)37(15-31-24)29-26(39)25(38)22(41-29)11-35(2)19-8-16(9-19)4-7-23-33-20-6-5-17(10-21(20)34-23)18-12-40-13-18/h5-6,10,16,18-19,22-26,28-29,31,33-34,38-39H,3-4,7-9,11-15H2,1-2H3,(H2,30,32)/t16?,19?,22-,23?,24?,25-,26-,28?,29-/m1/s1. The normalized spacial score (nSPS) is 39.0. The second-order valence-electron chi connectivity index (χ2n) is 12.8. The molecule has 12 nitrogen and oxygen atoms in total. The van der Waals surface area contributed by atoms with Gasteiger partial charge < -0.3 is 41.0 Å². The molecule has 3 unspecified atom stereocenters. The van der Waals surface area contributed by atoms with Crippen LogP contribution in [0.15, 0.2) is 23.2 Å². The molecule has 7 rings (SSSR count). The smallest absolute Gasteiger partial charge is 0.142 e. The van der Waals surface area contributed by atoms with Crippen LogP contribution in [0.3, 0.4) is 0 Å². The van der Waals surface area contributed by atoms with Gasteiger partial charge in [-0.25, -0.2) is 4.90 Å². The van der Waals surface area contributed by atoms with Gasteiger partial charge in [0.25, 0.3) is 0 Å². The van der Waals surface area contributed by atoms with Crippen molar-refractivity contribution < 1.29 is 19.7 Å². The van der Waals surface area contributed by atoms with Crippen LogP contribution in [0.5, 0.6) is 0 Å². The maximum Gasteiger partial charge on any atom is 0.142 e. The van der Waals surface area contributed by atoms with Gasteiger partial charge in [0.2, 0.25) is 0 Å². The fourth-order valence-electron chi connectivity index (χ4n) is 7.48. The number of anilines is 2. The van der Waals surface area contributed by atoms with Gasteiger partial charge >= 0.3 is 0 Å². The third-order valence-electron chi connectivity index (χ3n) is 10.3. The molecule has 0 amide bonds. The Labute approximate surface area is 242 Å². The van der Waals surface area contributed by atoms with E-state index < -0.39 is 24.5 Å². The zero-order valence-electron chi connectivity index (χ0n) is 24.2. The average molecular weight is 571 g/mol. The number of amidine groups is 1. The molecule has 3 saturated heterocycles. The molecule has 0 bridgehead atoms. The van der Waals surface area contributed by atoms with E-state index >= 15 is 0 Å². The van der Waals surface area contributed by atoms with E-state index in [1.807, 2.05) is 0 Å². The lowest BCUT2D eigenvalue weighted by atomic mass is 9.76. The van der Waals surface area contributed by atoms with Gasteiger partial charge in [0.15, 0.2) is 0 Å². The fourth-order valence-corrected chi connectivity index (χ4v) is 7.48. The largest absolute Gasteiger partial charge is 0.387 e. The summed E-state index contributed by atoms with van der Waals surface area (Å²) in [6, 6.07) is 7.07. The van der Waals surface area contributed by atoms with E-state index in [1.54, 1.807) is 0 Å². The van der Waals surface area contributed by atoms with E-state index in [0.29, 0.717) is 43.6 Å². The summed E-state index contributed by atoms with van der Waals surface area (Å²) in [6.45, 7) is 6.22. The second kappa shape index (κ2) is 11.2. The molecule has 5 heterocycles. The van der Waals surface area contributed by atoms with Crippen LogP contribution >= 0.6 is 0 Å². The number of aliphatic hydroxyl groups is 2. The van der Waals surface area contributed by atoms with Gasteiger partial charge in [0.05, 0.1) is 56.3 Å². The summed E-state index contributed by atoms with van der Waals surface area (Å²) in [5, 5.41) is 32.7. The van der Waals surface area contributed by atoms with Crippen molar-refractivity contribution in [1.82, 2.24) is 20.0 Å². The highest BCUT2D eigenvalue weighted by Crippen LogP contribution is 2.39. The van der Waals surface area contributed by atoms with Crippen molar-refractivity contribution in [2.24, 2.45) is 16.6 Å². The number of benzene rings is 1. The van der Waals surface area contributed by atoms with Crippen LogP contribution in [0.1, 0.15) is 44.1 Å². The van der Waals surface area contributed by atoms with E-state index in [2.05, 4.69) is 67.8 Å². The molecule has 1 aliphatic carbocycles. The number of fused-ring (bicyclic) bond motifs is 2. The molecule has 0 aromatic heterocycles. The molecule has 12 heteroatoms. The van der Waals surface area contributed by atoms with Crippen molar-refractivity contribution in [3.63, 3.8) is 0 Å². The van der Waals surface area contributed by atoms with Crippen LogP contribution in [-0.2, 0) is 9.47 Å². The Hall–Kier alpha value is -2.03. The summed E-state index contributed by atoms with van der Waals surface area (Å²) in [5.74, 6) is 1.83. The summed E-state index contributed by atoms with van der Waals surface area (Å²) < 4.78 is 11.7. The quantitative estimate of drug-likeness (QED) is 0.241. The third-order valence-corrected chi connectivity index (χ3v) is 10.3. The SMILES string of the molecule is CCN1CN=C(N)C2NCN([C@@H]3O[C@H](CN(C)C4CC(CCC5Nc6ccc(C7COC7)cc6N5)C4)[C@@H](O)[C@H]3O)C21. The molecule has 7 N–H and O–H groups in total. The maximum atomic E-state index is 11.0. The monoisotopic (exact) mass is 570 g/mol. The number of ether oxygens (including phenoxy) is 2. The minimum Gasteiger partial charge on any atom is -0.387 e. The average Bonchev–Trinajstić information content (AvgIpc) is 3.59. The van der Waals surface area contributed by atoms with Gasteiger partial charge in [-0.05, 0) is 62.9 Å². The Balaban J connectivity index is 0.867. The van der Waals surface area contributed by atoms with Crippen molar-refractivity contribution in [1.29, 1.82) is 0 Å². The first kappa shape index (κ1) is 27.8. The second-order valence-corrected chi connectivity index (χ2v) is 12.8. The van der Waals surface area contributed by atoms with E-state index in [9.17, 15) is 10.2 Å². The molecule has 0 radical (unpaired) electrons. The molecule has 1 saturated carbocycles. The number of rotatable bonds is 9. The zero-order chi connectivity index (χ0) is 28.2. The Kier molecular flexibility index (Phi) is 7.61. The highest BCUT2D eigenvalue weighted by atomic mass is 16.6. The summed E-state index contributed by atoms with van der Waals surface area (Å²) in [4.78, 5) is 11.1. The molecular formula is C29H46N8O4. The number of hydrogen-bond acceptors (Lipinski definition) is 12. The van der Waals surface area contributed by atoms with Gasteiger partial charge in [-0.2, -0.15) is 0 Å². The van der Waals surface area contributed by atoms with Crippen molar-refractivity contribution >= 4 is 17.2 Å². The van der Waals surface area contributed by atoms with E-state index in [4.69, 9.17) is 15.2 Å². The first-order valence-electron chi connectivity index (χ1n) is 15.4. The number of aliphatic hydroxyl groups excluding tert-OH is 2. The first-order chi connectivity index (χ1) is 19.9. The van der Waals surface area contributed by atoms with Crippen LogP contribution in [0, 0.1) is 5.92 Å². The molecule has 226 valence electrons. The fraction of sp³-hybridized carbons (Fsp3) is 0.759. The third kappa shape index (κ3) is 5.12. The Bertz CT molecular complexity index is 1130. The van der Waals surface area contributed by atoms with Crippen LogP contribution in [0.4, 0.5) is 11.4 Å². The van der Waals surface area contributed by atoms with Crippen molar-refractivity contribution in [2.75, 3.05) is 57.3 Å². The summed E-state index contributed by atoms with van der Waals surface area (Å²) in [6.07, 6.45) is 1.87. The van der Waals surface area contributed by atoms with Crippen molar-refractivity contribution in [3.8, 4) is 0 Å². The number of nitrogens with zero attached hydrogens (tertiary/aromatic N) is 4. The molecule has 1 aromatic rings. The minimum absolute atomic E-state index is 0.0516. The molecule has 0 spiro atoms. The predicted octanol–water partition coefficient (Wildman–Crippen LogP) is 0.109. The lowest BCUT2D eigenvalue weighted by molar-refractivity contribution is -0.124. The highest BCUT2D eigenvalue weighted by molar-refractivity contribution is 5.87. The molecule has 7 atom stereocenters. The van der Waals surface area contributed by atoms with Gasteiger partial charge in [0.1, 0.15) is 30.4 Å². The van der Waals surface area contributed by atoms with Crippen LogP contribution in [-0.4, -0.2) is 126 Å². The van der Waals surface area contributed by atoms with Crippen LogP contribution < -0.4 is 21.7 Å². The van der Waals surface area contributed by atoms with E-state index in [1.165, 1.54) is 23.4 Å². The number of nitrogens with one attached hydrogen (secondary N) is 3. The minimum atomic E-state index is -0.976. The summed E-state index contributed by atoms with van der Waals surface area (Å²) in [7, 11) is 2.11. The molecule has 5 aliphatic heterocycles. The molecule has 41 heavy (non-hydrogen) atoms. The van der Waals surface area contributed by atoms with E-state index in [-0.39, 0.29) is 18.4 Å². The van der Waals surface area contributed by atoms with Crippen LogP contribution in [0.2, 0.25) is 0 Å². The Morgan fingerprint density at radius 3 is 2.68 bits per heavy atom. The number of hydrogen-bond donors (Lipinski definition) is 6. The summed E-state index contributed by atoms with van der Waals surface area (Å²) >= 11 is 0. The summed E-state index contributed by atoms with van der Waals surface area (Å²) in [5.41, 5.74) is 9.96. The molecule has 6 aliphatic rings. The molecular weight excluding hydrogens is 524 g/mol. The number of aliphatic imine (C=N–C) groups is 1. The lowest BCUT2D eigenvalue weighted by Gasteiger charge is -2.43. The van der Waals surface area contributed by atoms with Gasteiger partial charge in [-0.3, -0.25) is 15.2 Å². The lowest BCUT2D eigenvalue weighted by Crippen LogP contribution is -2.61. The molecule has 1 aromatic carbocycles. The zero-order valence-corrected chi connectivity index (χ0v) is 24.2. The predicted molar refractivity (Wildman–Crippen MR) is 156 cm³/mol. The Morgan fingerprint density at radius 2 is 1.93 bits per heavy atom. The maximum absolute atomic E-state index is 11.0. The van der Waals surface area contributed by atoms with Crippen molar-refractivity contribution in [2.45, 2.75) is 87.5 Å². The molecule has 4 fully saturated rings. The number of likely N-dealkylation sites (N-methyl/N-ethyl adjacent to an activating group) is 2. The van der Waals surface area contributed by atoms with E-state index in [0.717, 1.165) is 39.0 Å². The van der Waals surface area contributed by atoms with Gasteiger partial charge in [-0.15, -0.1) is 0 Å². The van der Waals surface area contributed by atoms with Crippen molar-refractivity contribution in [3.05, 3.63) is 23.8 Å².